The van der Waals surface area contributed by atoms with E-state index in [1.807, 2.05) is 0 Å². The molecule has 0 N–H and O–H groups in total. The summed E-state index contributed by atoms with van der Waals surface area (Å²) in [6.45, 7) is 4.34. The highest BCUT2D eigenvalue weighted by atomic mass is 19.1. The lowest BCUT2D eigenvalue weighted by Gasteiger charge is -2.37. The first-order valence-electron chi connectivity index (χ1n) is 8.65. The van der Waals surface area contributed by atoms with Crippen LogP contribution in [-0.4, -0.2) is 48.4 Å². The molecule has 2 aliphatic carbocycles. The summed E-state index contributed by atoms with van der Waals surface area (Å²) >= 11 is 0. The Kier molecular flexibility index (Phi) is 3.93. The van der Waals surface area contributed by atoms with Gasteiger partial charge >= 0.3 is 0 Å². The van der Waals surface area contributed by atoms with Gasteiger partial charge in [-0.25, -0.2) is 4.39 Å². The Hall–Kier alpha value is -1.68. The van der Waals surface area contributed by atoms with Crippen molar-refractivity contribution in [2.24, 2.45) is 17.8 Å². The zero-order chi connectivity index (χ0) is 15.8. The summed E-state index contributed by atoms with van der Waals surface area (Å²) in [5, 5.41) is 0. The summed E-state index contributed by atoms with van der Waals surface area (Å²) < 4.78 is 13.8. The van der Waals surface area contributed by atoms with Crippen molar-refractivity contribution >= 4 is 5.91 Å². The third kappa shape index (κ3) is 2.92. The number of amides is 1. The summed E-state index contributed by atoms with van der Waals surface area (Å²) in [6, 6.07) is 6.26. The van der Waals surface area contributed by atoms with Gasteiger partial charge in [0.2, 0.25) is 0 Å². The number of benzene rings is 1. The van der Waals surface area contributed by atoms with Crippen LogP contribution in [0.3, 0.4) is 0 Å². The standard InChI is InChI=1S/C19H23FN2O/c20-18-4-2-1-3-17(18)19(23)22-9-7-21(8-10-22)13-16-12-14-5-6-15(16)11-14/h1-6,14-16H,7-13H2/t14-,15+,16-/m1/s1. The van der Waals surface area contributed by atoms with Gasteiger partial charge < -0.3 is 4.90 Å². The predicted molar refractivity (Wildman–Crippen MR) is 87.6 cm³/mol. The van der Waals surface area contributed by atoms with E-state index in [2.05, 4.69) is 17.1 Å². The zero-order valence-electron chi connectivity index (χ0n) is 13.3. The largest absolute Gasteiger partial charge is 0.336 e. The molecule has 0 radical (unpaired) electrons. The first-order chi connectivity index (χ1) is 11.2. The average Bonchev–Trinajstić information content (AvgIpc) is 3.18. The summed E-state index contributed by atoms with van der Waals surface area (Å²) in [4.78, 5) is 16.7. The van der Waals surface area contributed by atoms with E-state index in [9.17, 15) is 9.18 Å². The number of piperazine rings is 1. The topological polar surface area (TPSA) is 23.6 Å². The van der Waals surface area contributed by atoms with Crippen molar-refractivity contribution in [1.82, 2.24) is 9.80 Å². The fourth-order valence-electron chi connectivity index (χ4n) is 4.37. The number of halogens is 1. The zero-order valence-corrected chi connectivity index (χ0v) is 13.3. The Morgan fingerprint density at radius 3 is 2.52 bits per heavy atom. The van der Waals surface area contributed by atoms with Crippen molar-refractivity contribution < 1.29 is 9.18 Å². The summed E-state index contributed by atoms with van der Waals surface area (Å²) in [5.41, 5.74) is 0.194. The van der Waals surface area contributed by atoms with Crippen LogP contribution in [0.4, 0.5) is 4.39 Å². The summed E-state index contributed by atoms with van der Waals surface area (Å²) in [7, 11) is 0. The first kappa shape index (κ1) is 14.9. The highest BCUT2D eigenvalue weighted by Crippen LogP contribution is 2.43. The van der Waals surface area contributed by atoms with Crippen molar-refractivity contribution in [3.05, 3.63) is 47.8 Å². The number of carbonyl (C=O) groups is 1. The van der Waals surface area contributed by atoms with Crippen LogP contribution in [0.25, 0.3) is 0 Å². The Morgan fingerprint density at radius 1 is 1.09 bits per heavy atom. The molecule has 3 nitrogen and oxygen atoms in total. The smallest absolute Gasteiger partial charge is 0.256 e. The Morgan fingerprint density at radius 2 is 1.87 bits per heavy atom. The first-order valence-corrected chi connectivity index (χ1v) is 8.65. The molecule has 1 aromatic carbocycles. The molecule has 4 heteroatoms. The SMILES string of the molecule is O=C(c1ccccc1F)N1CCN(C[C@H]2C[C@@H]3C=C[C@H]2C3)CC1. The highest BCUT2D eigenvalue weighted by Gasteiger charge is 2.36. The second-order valence-corrected chi connectivity index (χ2v) is 7.11. The molecule has 1 saturated heterocycles. The molecular weight excluding hydrogens is 291 g/mol. The molecule has 4 rings (SSSR count). The number of rotatable bonds is 3. The molecule has 2 bridgehead atoms. The molecule has 3 aliphatic rings. The van der Waals surface area contributed by atoms with E-state index in [0.29, 0.717) is 13.1 Å². The molecule has 1 aliphatic heterocycles. The average molecular weight is 314 g/mol. The maximum absolute atomic E-state index is 13.8. The van der Waals surface area contributed by atoms with Gasteiger partial charge in [0, 0.05) is 32.7 Å². The van der Waals surface area contributed by atoms with E-state index in [4.69, 9.17) is 0 Å². The van der Waals surface area contributed by atoms with Crippen molar-refractivity contribution in [3.63, 3.8) is 0 Å². The second kappa shape index (κ2) is 6.08. The third-order valence-electron chi connectivity index (χ3n) is 5.67. The number of nitrogens with zero attached hydrogens (tertiary/aromatic N) is 2. The minimum absolute atomic E-state index is 0.175. The van der Waals surface area contributed by atoms with E-state index in [1.165, 1.54) is 18.9 Å². The van der Waals surface area contributed by atoms with Crippen LogP contribution in [0.2, 0.25) is 0 Å². The lowest BCUT2D eigenvalue weighted by molar-refractivity contribution is 0.0606. The molecule has 122 valence electrons. The van der Waals surface area contributed by atoms with Crippen LogP contribution in [0.1, 0.15) is 23.2 Å². The normalized spacial score (nSPS) is 30.1. The van der Waals surface area contributed by atoms with Crippen molar-refractivity contribution in [1.29, 1.82) is 0 Å². The molecule has 0 unspecified atom stereocenters. The monoisotopic (exact) mass is 314 g/mol. The van der Waals surface area contributed by atoms with Gasteiger partial charge in [0.05, 0.1) is 5.56 Å². The van der Waals surface area contributed by atoms with Crippen molar-refractivity contribution in [2.45, 2.75) is 12.8 Å². The summed E-state index contributed by atoms with van der Waals surface area (Å²) in [6.07, 6.45) is 7.45. The quantitative estimate of drug-likeness (QED) is 0.801. The number of hydrogen-bond acceptors (Lipinski definition) is 2. The number of allylic oxidation sites excluding steroid dienone is 2. The fourth-order valence-corrected chi connectivity index (χ4v) is 4.37. The van der Waals surface area contributed by atoms with Gasteiger partial charge in [0.25, 0.3) is 5.91 Å². The third-order valence-corrected chi connectivity index (χ3v) is 5.67. The molecule has 2 fully saturated rings. The van der Waals surface area contributed by atoms with E-state index < -0.39 is 5.82 Å². The number of hydrogen-bond donors (Lipinski definition) is 0. The Bertz CT molecular complexity index is 622. The maximum Gasteiger partial charge on any atom is 0.256 e. The minimum Gasteiger partial charge on any atom is -0.336 e. The maximum atomic E-state index is 13.8. The number of fused-ring (bicyclic) bond motifs is 2. The molecular formula is C19H23FN2O. The van der Waals surface area contributed by atoms with Crippen LogP contribution in [0, 0.1) is 23.6 Å². The Balaban J connectivity index is 1.32. The van der Waals surface area contributed by atoms with E-state index in [1.54, 1.807) is 23.1 Å². The van der Waals surface area contributed by atoms with E-state index >= 15 is 0 Å². The fraction of sp³-hybridized carbons (Fsp3) is 0.526. The lowest BCUT2D eigenvalue weighted by atomic mass is 9.93. The molecule has 23 heavy (non-hydrogen) atoms. The van der Waals surface area contributed by atoms with Gasteiger partial charge in [-0.3, -0.25) is 9.69 Å². The molecule has 1 aromatic rings. The molecule has 0 aromatic heterocycles. The molecule has 1 heterocycles. The van der Waals surface area contributed by atoms with E-state index in [0.717, 1.165) is 37.4 Å². The van der Waals surface area contributed by atoms with Crippen molar-refractivity contribution in [3.8, 4) is 0 Å². The van der Waals surface area contributed by atoms with Gasteiger partial charge in [-0.1, -0.05) is 24.3 Å². The predicted octanol–water partition coefficient (Wildman–Crippen LogP) is 2.80. The van der Waals surface area contributed by atoms with Gasteiger partial charge in [0.15, 0.2) is 0 Å². The van der Waals surface area contributed by atoms with Gasteiger partial charge in [-0.2, -0.15) is 0 Å². The molecule has 1 amide bonds. The summed E-state index contributed by atoms with van der Waals surface area (Å²) in [5.74, 6) is 1.78. The second-order valence-electron chi connectivity index (χ2n) is 7.11. The van der Waals surface area contributed by atoms with Gasteiger partial charge in [-0.15, -0.1) is 0 Å². The van der Waals surface area contributed by atoms with Crippen LogP contribution in [-0.2, 0) is 0 Å². The molecule has 3 atom stereocenters. The van der Waals surface area contributed by atoms with Crippen LogP contribution < -0.4 is 0 Å². The molecule has 1 saturated carbocycles. The van der Waals surface area contributed by atoms with Gasteiger partial charge in [-0.05, 0) is 42.7 Å². The minimum atomic E-state index is -0.423. The van der Waals surface area contributed by atoms with Crippen LogP contribution in [0.15, 0.2) is 36.4 Å². The van der Waals surface area contributed by atoms with Gasteiger partial charge in [0.1, 0.15) is 5.82 Å². The number of carbonyl (C=O) groups excluding carboxylic acids is 1. The highest BCUT2D eigenvalue weighted by molar-refractivity contribution is 5.94. The van der Waals surface area contributed by atoms with Crippen molar-refractivity contribution in [2.75, 3.05) is 32.7 Å². The Labute approximate surface area is 136 Å². The van der Waals surface area contributed by atoms with Crippen LogP contribution in [0.5, 0.6) is 0 Å². The lowest BCUT2D eigenvalue weighted by Crippen LogP contribution is -2.50. The van der Waals surface area contributed by atoms with E-state index in [-0.39, 0.29) is 11.5 Å². The van der Waals surface area contributed by atoms with Crippen LogP contribution >= 0.6 is 0 Å². The molecule has 0 spiro atoms.